The predicted molar refractivity (Wildman–Crippen MR) is 56.3 cm³/mol. The molecule has 0 aromatic carbocycles. The van der Waals surface area contributed by atoms with E-state index in [1.54, 1.807) is 17.9 Å². The third kappa shape index (κ3) is 3.67. The van der Waals surface area contributed by atoms with Gasteiger partial charge in [-0.3, -0.25) is 15.0 Å². The molecule has 0 aliphatic carbocycles. The fourth-order valence-corrected chi connectivity index (χ4v) is 1.57. The monoisotopic (exact) mass is 208 g/mol. The van der Waals surface area contributed by atoms with Crippen LogP contribution in [0, 0.1) is 5.92 Å². The Morgan fingerprint density at radius 3 is 3.00 bits per heavy atom. The van der Waals surface area contributed by atoms with Crippen LogP contribution in [0.15, 0.2) is 24.5 Å². The van der Waals surface area contributed by atoms with Crippen LogP contribution in [0.5, 0.6) is 0 Å². The van der Waals surface area contributed by atoms with Crippen molar-refractivity contribution in [1.82, 2.24) is 10.5 Å². The first-order valence-electron chi connectivity index (χ1n) is 5.10. The van der Waals surface area contributed by atoms with E-state index >= 15 is 0 Å². The van der Waals surface area contributed by atoms with Crippen molar-refractivity contribution < 1.29 is 10.0 Å². The maximum absolute atomic E-state index is 11.3. The number of amides is 1. The van der Waals surface area contributed by atoms with Crippen LogP contribution in [-0.2, 0) is 11.2 Å². The summed E-state index contributed by atoms with van der Waals surface area (Å²) in [6, 6.07) is 3.77. The first-order valence-corrected chi connectivity index (χ1v) is 5.10. The number of nitrogens with one attached hydrogen (secondary N) is 1. The average Bonchev–Trinajstić information content (AvgIpc) is 2.29. The molecular formula is C11H16N2O2. The SMILES string of the molecule is CCCC(Cc1cccnc1)C(=O)NO. The van der Waals surface area contributed by atoms with Gasteiger partial charge >= 0.3 is 0 Å². The normalized spacial score (nSPS) is 12.1. The van der Waals surface area contributed by atoms with Gasteiger partial charge in [0.1, 0.15) is 0 Å². The van der Waals surface area contributed by atoms with Gasteiger partial charge in [0.2, 0.25) is 5.91 Å². The molecular weight excluding hydrogens is 192 g/mol. The number of hydrogen-bond acceptors (Lipinski definition) is 3. The second-order valence-corrected chi connectivity index (χ2v) is 3.53. The molecule has 4 nitrogen and oxygen atoms in total. The number of pyridine rings is 1. The van der Waals surface area contributed by atoms with Gasteiger partial charge in [-0.1, -0.05) is 19.4 Å². The molecule has 0 bridgehead atoms. The minimum Gasteiger partial charge on any atom is -0.289 e. The number of carbonyl (C=O) groups excluding carboxylic acids is 1. The van der Waals surface area contributed by atoms with Gasteiger partial charge in [-0.25, -0.2) is 5.48 Å². The summed E-state index contributed by atoms with van der Waals surface area (Å²) in [5.41, 5.74) is 2.72. The molecule has 1 aromatic heterocycles. The van der Waals surface area contributed by atoms with Crippen LogP contribution in [0.4, 0.5) is 0 Å². The Balaban J connectivity index is 2.62. The number of hydrogen-bond donors (Lipinski definition) is 2. The Bertz CT molecular complexity index is 301. The largest absolute Gasteiger partial charge is 0.289 e. The van der Waals surface area contributed by atoms with Crippen LogP contribution in [0.25, 0.3) is 0 Å². The van der Waals surface area contributed by atoms with Crippen molar-refractivity contribution in [3.63, 3.8) is 0 Å². The summed E-state index contributed by atoms with van der Waals surface area (Å²) in [7, 11) is 0. The van der Waals surface area contributed by atoms with E-state index in [2.05, 4.69) is 4.98 Å². The molecule has 0 saturated carbocycles. The lowest BCUT2D eigenvalue weighted by atomic mass is 9.95. The Morgan fingerprint density at radius 1 is 1.67 bits per heavy atom. The second-order valence-electron chi connectivity index (χ2n) is 3.53. The third-order valence-electron chi connectivity index (χ3n) is 2.32. The highest BCUT2D eigenvalue weighted by Crippen LogP contribution is 2.13. The topological polar surface area (TPSA) is 62.2 Å². The predicted octanol–water partition coefficient (Wildman–Crippen LogP) is 1.55. The first kappa shape index (κ1) is 11.7. The van der Waals surface area contributed by atoms with E-state index in [4.69, 9.17) is 5.21 Å². The third-order valence-corrected chi connectivity index (χ3v) is 2.32. The second kappa shape index (κ2) is 6.14. The maximum Gasteiger partial charge on any atom is 0.246 e. The molecule has 1 unspecified atom stereocenters. The van der Waals surface area contributed by atoms with Crippen molar-refractivity contribution in [3.05, 3.63) is 30.1 Å². The van der Waals surface area contributed by atoms with E-state index in [1.165, 1.54) is 0 Å². The van der Waals surface area contributed by atoms with Gasteiger partial charge in [-0.05, 0) is 24.5 Å². The highest BCUT2D eigenvalue weighted by molar-refractivity contribution is 5.77. The van der Waals surface area contributed by atoms with Crippen molar-refractivity contribution in [2.24, 2.45) is 5.92 Å². The molecule has 0 spiro atoms. The molecule has 0 aliphatic heterocycles. The molecule has 0 saturated heterocycles. The van der Waals surface area contributed by atoms with Gasteiger partial charge in [0, 0.05) is 18.3 Å². The van der Waals surface area contributed by atoms with Crippen molar-refractivity contribution in [3.8, 4) is 0 Å². The molecule has 0 fully saturated rings. The lowest BCUT2D eigenvalue weighted by Gasteiger charge is -2.13. The van der Waals surface area contributed by atoms with E-state index in [0.29, 0.717) is 6.42 Å². The number of rotatable bonds is 5. The van der Waals surface area contributed by atoms with Crippen LogP contribution >= 0.6 is 0 Å². The van der Waals surface area contributed by atoms with Crippen molar-refractivity contribution in [1.29, 1.82) is 0 Å². The van der Waals surface area contributed by atoms with E-state index < -0.39 is 0 Å². The van der Waals surface area contributed by atoms with E-state index in [1.807, 2.05) is 19.1 Å². The summed E-state index contributed by atoms with van der Waals surface area (Å²) in [6.45, 7) is 2.01. The van der Waals surface area contributed by atoms with Gasteiger partial charge < -0.3 is 0 Å². The van der Waals surface area contributed by atoms with Crippen LogP contribution < -0.4 is 5.48 Å². The standard InChI is InChI=1S/C11H16N2O2/c1-2-4-10(11(14)13-15)7-9-5-3-6-12-8-9/h3,5-6,8,10,15H,2,4,7H2,1H3,(H,13,14). The molecule has 2 N–H and O–H groups in total. The summed E-state index contributed by atoms with van der Waals surface area (Å²) in [5.74, 6) is -0.495. The van der Waals surface area contributed by atoms with Crippen LogP contribution in [0.3, 0.4) is 0 Å². The highest BCUT2D eigenvalue weighted by atomic mass is 16.5. The zero-order valence-corrected chi connectivity index (χ0v) is 8.81. The molecule has 1 atom stereocenters. The van der Waals surface area contributed by atoms with Crippen molar-refractivity contribution in [2.45, 2.75) is 26.2 Å². The Morgan fingerprint density at radius 2 is 2.47 bits per heavy atom. The minimum absolute atomic E-state index is 0.177. The summed E-state index contributed by atoms with van der Waals surface area (Å²) in [4.78, 5) is 15.3. The van der Waals surface area contributed by atoms with Crippen molar-refractivity contribution in [2.75, 3.05) is 0 Å². The summed E-state index contributed by atoms with van der Waals surface area (Å²) < 4.78 is 0. The zero-order valence-electron chi connectivity index (χ0n) is 8.81. The fourth-order valence-electron chi connectivity index (χ4n) is 1.57. The number of carbonyl (C=O) groups is 1. The molecule has 4 heteroatoms. The van der Waals surface area contributed by atoms with Gasteiger partial charge in [-0.15, -0.1) is 0 Å². The maximum atomic E-state index is 11.3. The molecule has 0 radical (unpaired) electrons. The van der Waals surface area contributed by atoms with Crippen LogP contribution in [-0.4, -0.2) is 16.1 Å². The number of hydroxylamine groups is 1. The van der Waals surface area contributed by atoms with Gasteiger partial charge in [0.25, 0.3) is 0 Å². The average molecular weight is 208 g/mol. The lowest BCUT2D eigenvalue weighted by molar-refractivity contribution is -0.133. The van der Waals surface area contributed by atoms with Gasteiger partial charge in [0.05, 0.1) is 0 Å². The van der Waals surface area contributed by atoms with E-state index in [9.17, 15) is 4.79 Å². The Labute approximate surface area is 89.3 Å². The van der Waals surface area contributed by atoms with Crippen LogP contribution in [0.2, 0.25) is 0 Å². The summed E-state index contributed by atoms with van der Waals surface area (Å²) >= 11 is 0. The Kier molecular flexibility index (Phi) is 4.77. The molecule has 1 aromatic rings. The molecule has 1 heterocycles. The summed E-state index contributed by atoms with van der Waals surface area (Å²) in [6.07, 6.45) is 5.74. The van der Waals surface area contributed by atoms with Gasteiger partial charge in [-0.2, -0.15) is 0 Å². The fraction of sp³-hybridized carbons (Fsp3) is 0.455. The smallest absolute Gasteiger partial charge is 0.246 e. The number of aromatic nitrogens is 1. The van der Waals surface area contributed by atoms with E-state index in [0.717, 1.165) is 18.4 Å². The molecule has 0 aliphatic rings. The molecule has 82 valence electrons. The number of nitrogens with zero attached hydrogens (tertiary/aromatic N) is 1. The molecule has 1 amide bonds. The van der Waals surface area contributed by atoms with E-state index in [-0.39, 0.29) is 11.8 Å². The van der Waals surface area contributed by atoms with Gasteiger partial charge in [0.15, 0.2) is 0 Å². The molecule has 15 heavy (non-hydrogen) atoms. The lowest BCUT2D eigenvalue weighted by Crippen LogP contribution is -2.29. The zero-order chi connectivity index (χ0) is 11.1. The Hall–Kier alpha value is -1.42. The first-order chi connectivity index (χ1) is 7.27. The molecule has 1 rings (SSSR count). The van der Waals surface area contributed by atoms with Crippen molar-refractivity contribution >= 4 is 5.91 Å². The summed E-state index contributed by atoms with van der Waals surface area (Å²) in [5, 5.41) is 8.59. The van der Waals surface area contributed by atoms with Crippen LogP contribution in [0.1, 0.15) is 25.3 Å². The highest BCUT2D eigenvalue weighted by Gasteiger charge is 2.17. The quantitative estimate of drug-likeness (QED) is 0.570. The minimum atomic E-state index is -0.319.